The third kappa shape index (κ3) is 3.49. The average molecular weight is 384 g/mol. The monoisotopic (exact) mass is 384 g/mol. The predicted molar refractivity (Wildman–Crippen MR) is 84.7 cm³/mol. The molecule has 3 atom stereocenters. The minimum Gasteiger partial charge on any atom is -0.544 e. The SMILES string of the molecule is O=C([O-])C[NH+]1CC2([N+](=O)[O-])C=C(C(=O)N3CCOCC3)CC([N+](=O)[O-])(C1)C2. The average Bonchev–Trinajstić information content (AvgIpc) is 2.60. The van der Waals surface area contributed by atoms with Crippen LogP contribution in [-0.4, -0.2) is 83.6 Å². The number of nitrogens with zero attached hydrogens (tertiary/aromatic N) is 3. The highest BCUT2D eigenvalue weighted by molar-refractivity contribution is 5.94. The van der Waals surface area contributed by atoms with Crippen LogP contribution in [0.3, 0.4) is 0 Å². The van der Waals surface area contributed by atoms with E-state index in [1.165, 1.54) is 11.0 Å². The molecule has 27 heavy (non-hydrogen) atoms. The van der Waals surface area contributed by atoms with Crippen LogP contribution in [0.4, 0.5) is 0 Å². The van der Waals surface area contributed by atoms with Gasteiger partial charge >= 0.3 is 0 Å². The minimum absolute atomic E-state index is 0.0454. The van der Waals surface area contributed by atoms with Crippen LogP contribution in [-0.2, 0) is 14.3 Å². The van der Waals surface area contributed by atoms with Crippen LogP contribution in [0.5, 0.6) is 0 Å². The van der Waals surface area contributed by atoms with E-state index in [-0.39, 0.29) is 36.4 Å². The molecule has 12 heteroatoms. The van der Waals surface area contributed by atoms with Crippen LogP contribution in [0.1, 0.15) is 12.8 Å². The number of nitro groups is 2. The number of morpholine rings is 1. The molecule has 1 N–H and O–H groups in total. The molecule has 2 fully saturated rings. The fourth-order valence-electron chi connectivity index (χ4n) is 4.42. The van der Waals surface area contributed by atoms with E-state index in [0.717, 1.165) is 0 Å². The van der Waals surface area contributed by atoms with Gasteiger partial charge < -0.3 is 24.4 Å². The molecule has 3 aliphatic rings. The molecule has 0 aromatic heterocycles. The number of carboxylic acids is 1. The summed E-state index contributed by atoms with van der Waals surface area (Å²) in [4.78, 5) is 47.9. The van der Waals surface area contributed by atoms with Gasteiger partial charge in [-0.25, -0.2) is 0 Å². The molecule has 148 valence electrons. The van der Waals surface area contributed by atoms with Crippen molar-refractivity contribution in [3.05, 3.63) is 31.9 Å². The first-order chi connectivity index (χ1) is 12.7. The molecule has 2 saturated heterocycles. The number of carbonyl (C=O) groups is 2. The summed E-state index contributed by atoms with van der Waals surface area (Å²) in [5.74, 6) is -1.89. The van der Waals surface area contributed by atoms with Crippen LogP contribution in [0.15, 0.2) is 11.6 Å². The van der Waals surface area contributed by atoms with Crippen molar-refractivity contribution in [2.24, 2.45) is 0 Å². The van der Waals surface area contributed by atoms with Gasteiger partial charge in [0.15, 0.2) is 6.54 Å². The Bertz CT molecular complexity index is 719. The van der Waals surface area contributed by atoms with Crippen molar-refractivity contribution < 1.29 is 34.2 Å². The van der Waals surface area contributed by atoms with Crippen molar-refractivity contribution >= 4 is 11.9 Å². The zero-order valence-corrected chi connectivity index (χ0v) is 14.5. The number of ether oxygens (including phenoxy) is 1. The topological polar surface area (TPSA) is 160 Å². The molecule has 2 bridgehead atoms. The smallest absolute Gasteiger partial charge is 0.295 e. The fourth-order valence-corrected chi connectivity index (χ4v) is 4.42. The van der Waals surface area contributed by atoms with Gasteiger partial charge in [-0.2, -0.15) is 0 Å². The van der Waals surface area contributed by atoms with Crippen LogP contribution >= 0.6 is 0 Å². The summed E-state index contributed by atoms with van der Waals surface area (Å²) in [6, 6.07) is 0. The number of amides is 1. The van der Waals surface area contributed by atoms with Crippen molar-refractivity contribution in [1.29, 1.82) is 0 Å². The Balaban J connectivity index is 2.00. The number of rotatable bonds is 5. The number of carbonyl (C=O) groups excluding carboxylic acids is 2. The van der Waals surface area contributed by atoms with Crippen molar-refractivity contribution in [1.82, 2.24) is 4.90 Å². The lowest BCUT2D eigenvalue weighted by molar-refractivity contribution is -0.938. The normalized spacial score (nSPS) is 33.1. The Morgan fingerprint density at radius 3 is 2.41 bits per heavy atom. The highest BCUT2D eigenvalue weighted by Crippen LogP contribution is 2.40. The summed E-state index contributed by atoms with van der Waals surface area (Å²) in [6.45, 7) is 0.281. The van der Waals surface area contributed by atoms with E-state index in [1.54, 1.807) is 0 Å². The molecule has 2 aliphatic heterocycles. The van der Waals surface area contributed by atoms with Gasteiger partial charge in [0, 0.05) is 34.6 Å². The molecule has 12 nitrogen and oxygen atoms in total. The van der Waals surface area contributed by atoms with Crippen LogP contribution in [0, 0.1) is 20.2 Å². The maximum atomic E-state index is 12.8. The Hall–Kier alpha value is -2.60. The van der Waals surface area contributed by atoms with Crippen LogP contribution in [0.25, 0.3) is 0 Å². The molecular weight excluding hydrogens is 364 g/mol. The molecule has 1 aliphatic carbocycles. The third-order valence-corrected chi connectivity index (χ3v) is 5.45. The zero-order valence-electron chi connectivity index (χ0n) is 14.5. The molecular formula is C15H20N4O8. The number of carboxylic acid groups (broad SMARTS) is 1. The number of hydrogen-bond acceptors (Lipinski definition) is 8. The Morgan fingerprint density at radius 2 is 1.85 bits per heavy atom. The number of hydrogen-bond donors (Lipinski definition) is 1. The van der Waals surface area contributed by atoms with E-state index in [9.17, 15) is 34.9 Å². The van der Waals surface area contributed by atoms with Gasteiger partial charge in [-0.3, -0.25) is 25.0 Å². The lowest BCUT2D eigenvalue weighted by Crippen LogP contribution is -3.19. The first-order valence-electron chi connectivity index (χ1n) is 8.59. The van der Waals surface area contributed by atoms with E-state index >= 15 is 0 Å². The second kappa shape index (κ2) is 6.85. The number of fused-ring (bicyclic) bond motifs is 2. The maximum absolute atomic E-state index is 12.8. The van der Waals surface area contributed by atoms with E-state index in [0.29, 0.717) is 26.3 Å². The molecule has 0 radical (unpaired) electrons. The largest absolute Gasteiger partial charge is 0.544 e. The summed E-state index contributed by atoms with van der Waals surface area (Å²) in [7, 11) is 0. The lowest BCUT2D eigenvalue weighted by Gasteiger charge is -2.43. The van der Waals surface area contributed by atoms with Crippen molar-refractivity contribution in [2.45, 2.75) is 23.9 Å². The lowest BCUT2D eigenvalue weighted by atomic mass is 9.69. The van der Waals surface area contributed by atoms with Gasteiger partial charge in [0.25, 0.3) is 11.1 Å². The summed E-state index contributed by atoms with van der Waals surface area (Å²) in [6.07, 6.45) is 0.583. The number of quaternary nitrogens is 1. The third-order valence-electron chi connectivity index (χ3n) is 5.45. The summed E-state index contributed by atoms with van der Waals surface area (Å²) >= 11 is 0. The second-order valence-electron chi connectivity index (χ2n) is 7.42. The number of nitrogens with one attached hydrogen (secondary N) is 1. The molecule has 0 aromatic carbocycles. The van der Waals surface area contributed by atoms with Gasteiger partial charge in [-0.15, -0.1) is 0 Å². The molecule has 3 unspecified atom stereocenters. The molecule has 2 heterocycles. The van der Waals surface area contributed by atoms with Crippen molar-refractivity contribution in [3.8, 4) is 0 Å². The summed E-state index contributed by atoms with van der Waals surface area (Å²) in [5, 5.41) is 34.7. The Morgan fingerprint density at radius 1 is 1.19 bits per heavy atom. The van der Waals surface area contributed by atoms with E-state index < -0.39 is 39.3 Å². The van der Waals surface area contributed by atoms with Gasteiger partial charge in [0.05, 0.1) is 25.6 Å². The van der Waals surface area contributed by atoms with Crippen molar-refractivity contribution in [3.63, 3.8) is 0 Å². The molecule has 0 spiro atoms. The highest BCUT2D eigenvalue weighted by atomic mass is 16.6. The maximum Gasteiger partial charge on any atom is 0.295 e. The number of likely N-dealkylation sites (tertiary alicyclic amines) is 1. The van der Waals surface area contributed by atoms with E-state index in [1.807, 2.05) is 0 Å². The van der Waals surface area contributed by atoms with Gasteiger partial charge in [0.1, 0.15) is 19.5 Å². The minimum atomic E-state index is -1.86. The summed E-state index contributed by atoms with van der Waals surface area (Å²) < 4.78 is 5.18. The fraction of sp³-hybridized carbons (Fsp3) is 0.733. The Kier molecular flexibility index (Phi) is 4.86. The standard InChI is InChI=1S/C15H20N4O8/c20-12(21)7-16-9-14(18(23)24)5-11(6-15(8-14,10-16)19(25)26)13(22)17-1-3-27-4-2-17/h5H,1-4,6-10H2,(H,20,21). The molecule has 1 amide bonds. The van der Waals surface area contributed by atoms with E-state index in [2.05, 4.69) is 0 Å². The first kappa shape index (κ1) is 19.2. The van der Waals surface area contributed by atoms with Gasteiger partial charge in [-0.05, 0) is 0 Å². The summed E-state index contributed by atoms with van der Waals surface area (Å²) in [5.41, 5.74) is -3.57. The first-order valence-corrected chi connectivity index (χ1v) is 8.59. The van der Waals surface area contributed by atoms with Gasteiger partial charge in [0.2, 0.25) is 5.91 Å². The molecule has 0 aromatic rings. The van der Waals surface area contributed by atoms with E-state index in [4.69, 9.17) is 4.74 Å². The molecule has 0 saturated carbocycles. The van der Waals surface area contributed by atoms with Gasteiger partial charge in [-0.1, -0.05) is 0 Å². The second-order valence-corrected chi connectivity index (χ2v) is 7.42. The van der Waals surface area contributed by atoms with Crippen LogP contribution in [0.2, 0.25) is 0 Å². The number of aliphatic carboxylic acids is 1. The zero-order chi connectivity index (χ0) is 19.8. The van der Waals surface area contributed by atoms with Crippen LogP contribution < -0.4 is 10.0 Å². The highest BCUT2D eigenvalue weighted by Gasteiger charge is 2.67. The number of piperidine rings is 1. The van der Waals surface area contributed by atoms with Crippen molar-refractivity contribution in [2.75, 3.05) is 45.9 Å². The predicted octanol–water partition coefficient (Wildman–Crippen LogP) is -3.76. The molecule has 3 rings (SSSR count). The quantitative estimate of drug-likeness (QED) is 0.373. The Labute approximate surface area is 153 Å².